The molecule has 0 saturated heterocycles. The number of aromatic carboxylic acids is 1. The second-order valence-corrected chi connectivity index (χ2v) is 5.66. The molecule has 0 aliphatic rings. The first kappa shape index (κ1) is 16.6. The van der Waals surface area contributed by atoms with Crippen molar-refractivity contribution in [2.45, 2.75) is 13.5 Å². The number of hydrogen-bond donors (Lipinski definition) is 2. The van der Waals surface area contributed by atoms with E-state index in [2.05, 4.69) is 10.3 Å². The Kier molecular flexibility index (Phi) is 4.43. The van der Waals surface area contributed by atoms with E-state index in [1.54, 1.807) is 25.1 Å². The molecule has 0 atom stereocenters. The van der Waals surface area contributed by atoms with Gasteiger partial charge in [0.1, 0.15) is 5.82 Å². The van der Waals surface area contributed by atoms with Gasteiger partial charge < -0.3 is 10.4 Å². The third kappa shape index (κ3) is 3.63. The molecule has 0 bridgehead atoms. The fourth-order valence-corrected chi connectivity index (χ4v) is 2.61. The van der Waals surface area contributed by atoms with Crippen molar-refractivity contribution < 1.29 is 19.1 Å². The number of aryl methyl sites for hydroxylation is 1. The van der Waals surface area contributed by atoms with Crippen LogP contribution in [-0.4, -0.2) is 22.0 Å². The van der Waals surface area contributed by atoms with Gasteiger partial charge in [0.2, 0.25) is 0 Å². The minimum atomic E-state index is -1.03. The first-order valence-electron chi connectivity index (χ1n) is 7.61. The highest BCUT2D eigenvalue weighted by Crippen LogP contribution is 2.20. The number of halogens is 1. The molecule has 25 heavy (non-hydrogen) atoms. The quantitative estimate of drug-likeness (QED) is 0.765. The predicted molar refractivity (Wildman–Crippen MR) is 91.0 cm³/mol. The molecule has 0 spiro atoms. The summed E-state index contributed by atoms with van der Waals surface area (Å²) in [7, 11) is 0. The molecule has 0 radical (unpaired) electrons. The van der Waals surface area contributed by atoms with Crippen LogP contribution in [0.5, 0.6) is 0 Å². The van der Waals surface area contributed by atoms with Crippen LogP contribution in [-0.2, 0) is 6.54 Å². The second kappa shape index (κ2) is 6.68. The Morgan fingerprint density at radius 1 is 1.16 bits per heavy atom. The fraction of sp³-hybridized carbons (Fsp3) is 0.105. The molecule has 126 valence electrons. The van der Waals surface area contributed by atoms with Gasteiger partial charge in [0.05, 0.1) is 16.6 Å². The summed E-state index contributed by atoms with van der Waals surface area (Å²) in [5.41, 5.74) is 2.33. The van der Waals surface area contributed by atoms with Gasteiger partial charge in [-0.15, -0.1) is 0 Å². The molecule has 5 nitrogen and oxygen atoms in total. The number of pyridine rings is 1. The van der Waals surface area contributed by atoms with Gasteiger partial charge in [-0.3, -0.25) is 9.78 Å². The van der Waals surface area contributed by atoms with Crippen LogP contribution < -0.4 is 5.32 Å². The van der Waals surface area contributed by atoms with Crippen molar-refractivity contribution in [1.82, 2.24) is 10.3 Å². The number of carboxylic acids is 1. The number of amides is 1. The van der Waals surface area contributed by atoms with Crippen molar-refractivity contribution in [2.24, 2.45) is 0 Å². The number of benzene rings is 2. The predicted octanol–water partition coefficient (Wildman–Crippen LogP) is 3.31. The summed E-state index contributed by atoms with van der Waals surface area (Å²) in [5.74, 6) is -1.84. The molecular formula is C19H15FN2O3. The van der Waals surface area contributed by atoms with Gasteiger partial charge in [0.25, 0.3) is 5.91 Å². The Morgan fingerprint density at radius 3 is 2.72 bits per heavy atom. The molecule has 1 amide bonds. The number of aromatic nitrogens is 1. The number of carbonyl (C=O) groups excluding carboxylic acids is 1. The van der Waals surface area contributed by atoms with E-state index in [4.69, 9.17) is 5.11 Å². The highest BCUT2D eigenvalue weighted by Gasteiger charge is 2.13. The molecule has 0 saturated carbocycles. The van der Waals surface area contributed by atoms with Crippen molar-refractivity contribution in [3.05, 3.63) is 76.7 Å². The summed E-state index contributed by atoms with van der Waals surface area (Å²) in [5, 5.41) is 12.2. The zero-order valence-electron chi connectivity index (χ0n) is 13.4. The number of carbonyl (C=O) groups is 2. The average molecular weight is 338 g/mol. The first-order chi connectivity index (χ1) is 11.9. The number of nitrogens with one attached hydrogen (secondary N) is 1. The molecule has 2 N–H and O–H groups in total. The summed E-state index contributed by atoms with van der Waals surface area (Å²) in [6.07, 6.45) is 0. The number of rotatable bonds is 4. The zero-order chi connectivity index (χ0) is 18.0. The van der Waals surface area contributed by atoms with Crippen LogP contribution in [0.1, 0.15) is 32.0 Å². The first-order valence-corrected chi connectivity index (χ1v) is 7.61. The third-order valence-electron chi connectivity index (χ3n) is 3.77. The van der Waals surface area contributed by atoms with Gasteiger partial charge in [0.15, 0.2) is 0 Å². The lowest BCUT2D eigenvalue weighted by Gasteiger charge is -2.10. The van der Waals surface area contributed by atoms with Crippen LogP contribution in [0.3, 0.4) is 0 Å². The largest absolute Gasteiger partial charge is 0.478 e. The molecule has 3 rings (SSSR count). The molecule has 0 unspecified atom stereocenters. The lowest BCUT2D eigenvalue weighted by molar-refractivity contribution is 0.0696. The number of nitrogens with zero attached hydrogens (tertiary/aromatic N) is 1. The molecule has 6 heteroatoms. The highest BCUT2D eigenvalue weighted by molar-refractivity contribution is 6.06. The minimum absolute atomic E-state index is 0.152. The lowest BCUT2D eigenvalue weighted by Crippen LogP contribution is -2.23. The second-order valence-electron chi connectivity index (χ2n) is 5.66. The Balaban J connectivity index is 1.86. The Morgan fingerprint density at radius 2 is 1.96 bits per heavy atom. The average Bonchev–Trinajstić information content (AvgIpc) is 2.59. The van der Waals surface area contributed by atoms with Gasteiger partial charge in [-0.25, -0.2) is 9.18 Å². The Bertz CT molecular complexity index is 986. The van der Waals surface area contributed by atoms with Crippen LogP contribution >= 0.6 is 0 Å². The fourth-order valence-electron chi connectivity index (χ4n) is 2.61. The maximum Gasteiger partial charge on any atom is 0.335 e. The van der Waals surface area contributed by atoms with Crippen molar-refractivity contribution in [3.63, 3.8) is 0 Å². The van der Waals surface area contributed by atoms with Crippen molar-refractivity contribution in [3.8, 4) is 0 Å². The molecule has 0 aliphatic carbocycles. The maximum atomic E-state index is 13.5. The Labute approximate surface area is 143 Å². The number of fused-ring (bicyclic) bond motifs is 1. The third-order valence-corrected chi connectivity index (χ3v) is 3.77. The van der Waals surface area contributed by atoms with Gasteiger partial charge in [-0.2, -0.15) is 0 Å². The van der Waals surface area contributed by atoms with Crippen LogP contribution in [0.4, 0.5) is 4.39 Å². The molecule has 1 aromatic heterocycles. The minimum Gasteiger partial charge on any atom is -0.478 e. The molecule has 2 aromatic carbocycles. The Hall–Kier alpha value is -3.28. The lowest BCUT2D eigenvalue weighted by atomic mass is 10.1. The van der Waals surface area contributed by atoms with E-state index >= 15 is 0 Å². The smallest absolute Gasteiger partial charge is 0.335 e. The number of hydrogen-bond acceptors (Lipinski definition) is 3. The normalized spacial score (nSPS) is 10.6. The summed E-state index contributed by atoms with van der Waals surface area (Å²) in [4.78, 5) is 27.8. The summed E-state index contributed by atoms with van der Waals surface area (Å²) >= 11 is 0. The maximum absolute atomic E-state index is 13.5. The standard InChI is InChI=1S/C19H15FN2O3/c1-11-7-16(15-9-14(20)5-6-17(15)22-11)18(23)21-10-12-3-2-4-13(8-12)19(24)25/h2-9H,10H2,1H3,(H,21,23)(H,24,25). The van der Waals surface area contributed by atoms with E-state index in [0.717, 1.165) is 0 Å². The van der Waals surface area contributed by atoms with E-state index in [9.17, 15) is 14.0 Å². The molecule has 0 aliphatic heterocycles. The van der Waals surface area contributed by atoms with Crippen LogP contribution in [0.25, 0.3) is 10.9 Å². The van der Waals surface area contributed by atoms with Gasteiger partial charge in [-0.1, -0.05) is 12.1 Å². The molecule has 1 heterocycles. The van der Waals surface area contributed by atoms with Gasteiger partial charge >= 0.3 is 5.97 Å². The summed E-state index contributed by atoms with van der Waals surface area (Å²) in [6.45, 7) is 1.92. The van der Waals surface area contributed by atoms with Gasteiger partial charge in [-0.05, 0) is 48.9 Å². The summed E-state index contributed by atoms with van der Waals surface area (Å²) in [6, 6.07) is 12.0. The van der Waals surface area contributed by atoms with Crippen LogP contribution in [0, 0.1) is 12.7 Å². The van der Waals surface area contributed by atoms with Gasteiger partial charge in [0, 0.05) is 17.6 Å². The van der Waals surface area contributed by atoms with Crippen molar-refractivity contribution in [1.29, 1.82) is 0 Å². The van der Waals surface area contributed by atoms with Crippen molar-refractivity contribution in [2.75, 3.05) is 0 Å². The van der Waals surface area contributed by atoms with E-state index in [1.165, 1.54) is 30.3 Å². The zero-order valence-corrected chi connectivity index (χ0v) is 13.4. The SMILES string of the molecule is Cc1cc(C(=O)NCc2cccc(C(=O)O)c2)c2cc(F)ccc2n1. The van der Waals surface area contributed by atoms with E-state index in [0.29, 0.717) is 27.7 Å². The monoisotopic (exact) mass is 338 g/mol. The van der Waals surface area contributed by atoms with E-state index in [1.807, 2.05) is 0 Å². The highest BCUT2D eigenvalue weighted by atomic mass is 19.1. The topological polar surface area (TPSA) is 79.3 Å². The van der Waals surface area contributed by atoms with Crippen LogP contribution in [0.2, 0.25) is 0 Å². The molecule has 3 aromatic rings. The summed E-state index contributed by atoms with van der Waals surface area (Å²) < 4.78 is 13.5. The molecular weight excluding hydrogens is 323 g/mol. The van der Waals surface area contributed by atoms with Crippen LogP contribution in [0.15, 0.2) is 48.5 Å². The van der Waals surface area contributed by atoms with E-state index in [-0.39, 0.29) is 18.0 Å². The van der Waals surface area contributed by atoms with Crippen molar-refractivity contribution >= 4 is 22.8 Å². The molecule has 0 fully saturated rings. The number of carboxylic acid groups (broad SMARTS) is 1. The van der Waals surface area contributed by atoms with E-state index < -0.39 is 11.8 Å².